The number of rotatable bonds is 0. The first-order valence-electron chi connectivity index (χ1n) is 2.36. The van der Waals surface area contributed by atoms with Crippen LogP contribution in [-0.4, -0.2) is 0 Å². The molecule has 0 atom stereocenters. The molecule has 0 amide bonds. The second-order valence-electron chi connectivity index (χ2n) is 1.43. The topological polar surface area (TPSA) is 0 Å². The van der Waals surface area contributed by atoms with Crippen LogP contribution in [0.25, 0.3) is 0 Å². The van der Waals surface area contributed by atoms with Gasteiger partial charge in [0.1, 0.15) is 0 Å². The average molecular weight is 167 g/mol. The van der Waals surface area contributed by atoms with Gasteiger partial charge in [0.15, 0.2) is 0 Å². The summed E-state index contributed by atoms with van der Waals surface area (Å²) in [6.45, 7) is 0. The Morgan fingerprint density at radius 1 is 1.33 bits per heavy atom. The molecule has 0 saturated heterocycles. The summed E-state index contributed by atoms with van der Waals surface area (Å²) in [7, 11) is 0. The van der Waals surface area contributed by atoms with Gasteiger partial charge in [-0.1, -0.05) is 11.5 Å². The molecular formula is C8H5Zn-. The van der Waals surface area contributed by atoms with E-state index in [-0.39, 0.29) is 19.5 Å². The molecule has 1 aromatic carbocycles. The minimum absolute atomic E-state index is 0. The van der Waals surface area contributed by atoms with Gasteiger partial charge in [0.05, 0.1) is 0 Å². The van der Waals surface area contributed by atoms with Crippen molar-refractivity contribution in [3.63, 3.8) is 0 Å². The molecule has 0 aliphatic carbocycles. The van der Waals surface area contributed by atoms with Crippen molar-refractivity contribution in [2.45, 2.75) is 0 Å². The van der Waals surface area contributed by atoms with Gasteiger partial charge in [-0.2, -0.15) is 30.3 Å². The first kappa shape index (κ1) is 8.40. The van der Waals surface area contributed by atoms with Crippen molar-refractivity contribution < 1.29 is 19.5 Å². The zero-order chi connectivity index (χ0) is 5.82. The Hall–Kier alpha value is -0.597. The van der Waals surface area contributed by atoms with Crippen molar-refractivity contribution in [1.29, 1.82) is 0 Å². The number of hydrogen-bond donors (Lipinski definition) is 0. The summed E-state index contributed by atoms with van der Waals surface area (Å²) >= 11 is 0. The summed E-state index contributed by atoms with van der Waals surface area (Å²) in [4.78, 5) is 0. The van der Waals surface area contributed by atoms with E-state index < -0.39 is 0 Å². The van der Waals surface area contributed by atoms with E-state index >= 15 is 0 Å². The Kier molecular flexibility index (Phi) is 4.01. The molecule has 1 heteroatoms. The number of hydrogen-bond acceptors (Lipinski definition) is 0. The van der Waals surface area contributed by atoms with Gasteiger partial charge in [0.2, 0.25) is 0 Å². The van der Waals surface area contributed by atoms with Crippen LogP contribution in [0, 0.1) is 18.4 Å². The van der Waals surface area contributed by atoms with E-state index in [0.29, 0.717) is 0 Å². The summed E-state index contributed by atoms with van der Waals surface area (Å²) in [5, 5.41) is 0. The van der Waals surface area contributed by atoms with Gasteiger partial charge in [0, 0.05) is 19.5 Å². The fourth-order valence-corrected chi connectivity index (χ4v) is 0.483. The van der Waals surface area contributed by atoms with Crippen molar-refractivity contribution >= 4 is 0 Å². The van der Waals surface area contributed by atoms with Crippen molar-refractivity contribution in [1.82, 2.24) is 0 Å². The first-order chi connectivity index (χ1) is 3.93. The maximum Gasteiger partial charge on any atom is 0 e. The van der Waals surface area contributed by atoms with Gasteiger partial charge < -0.3 is 0 Å². The van der Waals surface area contributed by atoms with Gasteiger partial charge in [-0.3, -0.25) is 0 Å². The van der Waals surface area contributed by atoms with Crippen molar-refractivity contribution in [2.75, 3.05) is 0 Å². The molecule has 1 aromatic rings. The molecule has 40 valence electrons. The Morgan fingerprint density at radius 3 is 2.22 bits per heavy atom. The predicted molar refractivity (Wildman–Crippen MR) is 33.2 cm³/mol. The van der Waals surface area contributed by atoms with Gasteiger partial charge in [0.25, 0.3) is 0 Å². The van der Waals surface area contributed by atoms with Crippen molar-refractivity contribution in [3.8, 4) is 12.3 Å². The Labute approximate surface area is 68.0 Å². The summed E-state index contributed by atoms with van der Waals surface area (Å²) in [6, 6.07) is 10.2. The van der Waals surface area contributed by atoms with Crippen molar-refractivity contribution in [3.05, 3.63) is 35.9 Å². The van der Waals surface area contributed by atoms with Gasteiger partial charge in [-0.05, 0) is 0 Å². The van der Waals surface area contributed by atoms with E-state index in [9.17, 15) is 0 Å². The minimum Gasteiger partial charge on any atom is -0.184 e. The van der Waals surface area contributed by atoms with E-state index in [1.54, 1.807) is 12.1 Å². The van der Waals surface area contributed by atoms with E-state index in [4.69, 9.17) is 6.42 Å². The molecule has 0 N–H and O–H groups in total. The maximum absolute atomic E-state index is 5.09. The monoisotopic (exact) mass is 165 g/mol. The molecule has 0 nitrogen and oxygen atoms in total. The third-order valence-electron chi connectivity index (χ3n) is 0.885. The molecule has 0 aromatic heterocycles. The molecule has 9 heavy (non-hydrogen) atoms. The van der Waals surface area contributed by atoms with E-state index in [2.05, 4.69) is 12.0 Å². The summed E-state index contributed by atoms with van der Waals surface area (Å²) in [5.74, 6) is 2.51. The second kappa shape index (κ2) is 4.30. The summed E-state index contributed by atoms with van der Waals surface area (Å²) < 4.78 is 0. The van der Waals surface area contributed by atoms with Gasteiger partial charge >= 0.3 is 0 Å². The third-order valence-corrected chi connectivity index (χ3v) is 0.885. The van der Waals surface area contributed by atoms with Crippen LogP contribution in [0.1, 0.15) is 5.56 Å². The second-order valence-corrected chi connectivity index (χ2v) is 1.43. The molecule has 0 heterocycles. The van der Waals surface area contributed by atoms with Crippen LogP contribution in [0.3, 0.4) is 0 Å². The van der Waals surface area contributed by atoms with Crippen LogP contribution >= 0.6 is 0 Å². The van der Waals surface area contributed by atoms with Crippen LogP contribution in [0.5, 0.6) is 0 Å². The molecular weight excluding hydrogens is 161 g/mol. The molecule has 0 bridgehead atoms. The van der Waals surface area contributed by atoms with E-state index in [0.717, 1.165) is 5.56 Å². The third kappa shape index (κ3) is 2.44. The quantitative estimate of drug-likeness (QED) is 0.311. The van der Waals surface area contributed by atoms with Gasteiger partial charge in [-0.15, -0.1) is 6.42 Å². The largest absolute Gasteiger partial charge is 0.184 e. The Morgan fingerprint density at radius 2 is 1.89 bits per heavy atom. The van der Waals surface area contributed by atoms with Crippen LogP contribution in [-0.2, 0) is 19.5 Å². The Bertz CT molecular complexity index is 196. The van der Waals surface area contributed by atoms with Crippen molar-refractivity contribution in [2.24, 2.45) is 0 Å². The zero-order valence-electron chi connectivity index (χ0n) is 5.09. The normalized spacial score (nSPS) is 7.00. The zero-order valence-corrected chi connectivity index (χ0v) is 8.06. The standard InChI is InChI=1S/C8H5.Zn/c1-2-8-6-4-3-5-7-8;/h1,4-7H;/q-1;. The molecule has 0 fully saturated rings. The summed E-state index contributed by atoms with van der Waals surface area (Å²) in [6.07, 6.45) is 5.09. The van der Waals surface area contributed by atoms with Crippen LogP contribution in [0.4, 0.5) is 0 Å². The number of terminal acetylenes is 1. The SMILES string of the molecule is C#Cc1cc[c-]cc1.[Zn]. The smallest absolute Gasteiger partial charge is 0 e. The van der Waals surface area contributed by atoms with Crippen LogP contribution < -0.4 is 0 Å². The molecule has 0 aliphatic heterocycles. The van der Waals surface area contributed by atoms with Crippen LogP contribution in [0.2, 0.25) is 0 Å². The molecule has 0 aliphatic rings. The van der Waals surface area contributed by atoms with Crippen LogP contribution in [0.15, 0.2) is 24.3 Å². The molecule has 1 rings (SSSR count). The molecule has 0 unspecified atom stereocenters. The predicted octanol–water partition coefficient (Wildman–Crippen LogP) is 1.47. The maximum atomic E-state index is 5.09. The van der Waals surface area contributed by atoms with E-state index in [1.807, 2.05) is 12.1 Å². The van der Waals surface area contributed by atoms with Gasteiger partial charge in [-0.25, -0.2) is 0 Å². The average Bonchev–Trinajstić information content (AvgIpc) is 1.90. The minimum atomic E-state index is 0. The molecule has 0 radical (unpaired) electrons. The number of benzene rings is 1. The first-order valence-corrected chi connectivity index (χ1v) is 2.36. The van der Waals surface area contributed by atoms with E-state index in [1.165, 1.54) is 0 Å². The molecule has 0 spiro atoms. The fraction of sp³-hybridized carbons (Fsp3) is 0. The Balaban J connectivity index is 0.000000640. The molecule has 0 saturated carbocycles. The fourth-order valence-electron chi connectivity index (χ4n) is 0.483. The summed E-state index contributed by atoms with van der Waals surface area (Å²) in [5.41, 5.74) is 0.906.